The number of rotatable bonds is 10. The van der Waals surface area contributed by atoms with Crippen molar-refractivity contribution in [2.75, 3.05) is 10.6 Å². The largest absolute Gasteiger partial charge is 0.334 e. The summed E-state index contributed by atoms with van der Waals surface area (Å²) in [6.45, 7) is 0.447. The van der Waals surface area contributed by atoms with Gasteiger partial charge in [0, 0.05) is 24.5 Å². The SMILES string of the molecule is O=C(NCc1ccccc1)Nc1ccc(/C=C/c2ccc(NC(=O)NCc3ccccc3)cc2S(=O)(=O)O)c(S(=O)(=O)O)c1. The summed E-state index contributed by atoms with van der Waals surface area (Å²) in [6.07, 6.45) is 2.43. The molecular formula is C30H28N4O8S2. The zero-order valence-electron chi connectivity index (χ0n) is 23.0. The first-order valence-corrected chi connectivity index (χ1v) is 15.9. The van der Waals surface area contributed by atoms with Crippen molar-refractivity contribution in [1.82, 2.24) is 10.6 Å². The second kappa shape index (κ2) is 14.0. The topological polar surface area (TPSA) is 191 Å². The van der Waals surface area contributed by atoms with Crippen LogP contribution >= 0.6 is 0 Å². The average molecular weight is 637 g/mol. The second-order valence-corrected chi connectivity index (χ2v) is 12.2. The van der Waals surface area contributed by atoms with Crippen LogP contribution in [0.2, 0.25) is 0 Å². The molecule has 0 unspecified atom stereocenters. The first kappa shape index (κ1) is 31.9. The van der Waals surface area contributed by atoms with Crippen LogP contribution in [0.3, 0.4) is 0 Å². The van der Waals surface area contributed by atoms with Crippen molar-refractivity contribution in [2.45, 2.75) is 22.9 Å². The fraction of sp³-hybridized carbons (Fsp3) is 0.0667. The molecule has 0 fully saturated rings. The zero-order valence-corrected chi connectivity index (χ0v) is 24.6. The number of hydrogen-bond acceptors (Lipinski definition) is 6. The van der Waals surface area contributed by atoms with Gasteiger partial charge in [-0.1, -0.05) is 84.9 Å². The number of nitrogens with one attached hydrogen (secondary N) is 4. The third-order valence-electron chi connectivity index (χ3n) is 6.13. The minimum atomic E-state index is -4.78. The van der Waals surface area contributed by atoms with E-state index in [1.165, 1.54) is 36.4 Å². The number of carbonyl (C=O) groups is 2. The van der Waals surface area contributed by atoms with E-state index in [1.54, 1.807) is 0 Å². The van der Waals surface area contributed by atoms with Crippen LogP contribution in [-0.4, -0.2) is 38.0 Å². The van der Waals surface area contributed by atoms with Crippen LogP contribution in [0.25, 0.3) is 12.2 Å². The van der Waals surface area contributed by atoms with Crippen molar-refractivity contribution < 1.29 is 35.5 Å². The molecule has 4 aromatic rings. The lowest BCUT2D eigenvalue weighted by atomic mass is 10.1. The molecule has 4 rings (SSSR count). The Labute approximate surface area is 254 Å². The van der Waals surface area contributed by atoms with Gasteiger partial charge in [-0.3, -0.25) is 9.11 Å². The summed E-state index contributed by atoms with van der Waals surface area (Å²) in [6, 6.07) is 24.4. The Bertz CT molecular complexity index is 1760. The van der Waals surface area contributed by atoms with E-state index < -0.39 is 42.1 Å². The van der Waals surface area contributed by atoms with Gasteiger partial charge in [0.25, 0.3) is 20.2 Å². The third kappa shape index (κ3) is 9.24. The lowest BCUT2D eigenvalue weighted by Crippen LogP contribution is -2.28. The second-order valence-electron chi connectivity index (χ2n) is 9.38. The highest BCUT2D eigenvalue weighted by Gasteiger charge is 2.18. The maximum Gasteiger partial charge on any atom is 0.319 e. The summed E-state index contributed by atoms with van der Waals surface area (Å²) in [5, 5.41) is 10.2. The van der Waals surface area contributed by atoms with Gasteiger partial charge in [0.1, 0.15) is 9.79 Å². The van der Waals surface area contributed by atoms with E-state index in [-0.39, 0.29) is 35.6 Å². The van der Waals surface area contributed by atoms with E-state index in [2.05, 4.69) is 21.3 Å². The number of hydrogen-bond donors (Lipinski definition) is 6. The molecular weight excluding hydrogens is 608 g/mol. The van der Waals surface area contributed by atoms with Gasteiger partial charge in [-0.2, -0.15) is 16.8 Å². The fourth-order valence-electron chi connectivity index (χ4n) is 4.03. The van der Waals surface area contributed by atoms with Gasteiger partial charge < -0.3 is 21.3 Å². The van der Waals surface area contributed by atoms with Crippen LogP contribution in [0.15, 0.2) is 107 Å². The van der Waals surface area contributed by atoms with Gasteiger partial charge in [-0.25, -0.2) is 9.59 Å². The maximum absolute atomic E-state index is 12.3. The predicted molar refractivity (Wildman–Crippen MR) is 166 cm³/mol. The van der Waals surface area contributed by atoms with Crippen LogP contribution in [0.1, 0.15) is 22.3 Å². The first-order valence-electron chi connectivity index (χ1n) is 13.0. The van der Waals surface area contributed by atoms with Gasteiger partial charge in [-0.05, 0) is 46.5 Å². The normalized spacial score (nSPS) is 11.6. The Hall–Kier alpha value is -5.02. The summed E-state index contributed by atoms with van der Waals surface area (Å²) in [5.74, 6) is 0. The molecule has 0 heterocycles. The highest BCUT2D eigenvalue weighted by molar-refractivity contribution is 7.86. The molecule has 0 aromatic heterocycles. The van der Waals surface area contributed by atoms with E-state index in [1.807, 2.05) is 60.7 Å². The molecule has 4 amide bonds. The molecule has 6 N–H and O–H groups in total. The smallest absolute Gasteiger partial charge is 0.319 e. The van der Waals surface area contributed by atoms with E-state index in [0.717, 1.165) is 23.3 Å². The Morgan fingerprint density at radius 2 is 0.932 bits per heavy atom. The molecule has 0 bridgehead atoms. The number of benzene rings is 4. The van der Waals surface area contributed by atoms with Gasteiger partial charge in [0.05, 0.1) is 0 Å². The molecule has 0 saturated heterocycles. The Kier molecular flexibility index (Phi) is 10.1. The van der Waals surface area contributed by atoms with Crippen LogP contribution in [0.5, 0.6) is 0 Å². The average Bonchev–Trinajstić information content (AvgIpc) is 2.99. The lowest BCUT2D eigenvalue weighted by Gasteiger charge is -2.11. The van der Waals surface area contributed by atoms with Crippen LogP contribution in [0.4, 0.5) is 21.0 Å². The summed E-state index contributed by atoms with van der Waals surface area (Å²) >= 11 is 0. The van der Waals surface area contributed by atoms with Gasteiger partial charge in [-0.15, -0.1) is 0 Å². The summed E-state index contributed by atoms with van der Waals surface area (Å²) in [4.78, 5) is 23.5. The van der Waals surface area contributed by atoms with E-state index in [4.69, 9.17) is 0 Å². The van der Waals surface area contributed by atoms with Crippen molar-refractivity contribution in [3.05, 3.63) is 119 Å². The molecule has 0 spiro atoms. The quantitative estimate of drug-likeness (QED) is 0.104. The monoisotopic (exact) mass is 636 g/mol. The standard InChI is InChI=1S/C30H28N4O8S2/c35-29(31-19-21-7-3-1-4-8-21)33-25-15-13-23(27(17-25)43(37,38)39)11-12-24-14-16-26(18-28(24)44(40,41)42)34-30(36)32-20-22-9-5-2-6-10-22/h1-18H,19-20H2,(H2,31,33,35)(H2,32,34,36)(H,37,38,39)(H,40,41,42)/b12-11+. The molecule has 0 aliphatic carbocycles. The van der Waals surface area contributed by atoms with E-state index in [9.17, 15) is 35.5 Å². The fourth-order valence-corrected chi connectivity index (χ4v) is 5.45. The van der Waals surface area contributed by atoms with Gasteiger partial charge in [0.2, 0.25) is 0 Å². The molecule has 4 aromatic carbocycles. The molecule has 228 valence electrons. The minimum Gasteiger partial charge on any atom is -0.334 e. The first-order chi connectivity index (χ1) is 20.9. The predicted octanol–water partition coefficient (Wildman–Crippen LogP) is 4.99. The van der Waals surface area contributed by atoms with Crippen molar-refractivity contribution in [3.63, 3.8) is 0 Å². The number of carbonyl (C=O) groups excluding carboxylic acids is 2. The summed E-state index contributed by atoms with van der Waals surface area (Å²) in [7, 11) is -9.56. The molecule has 0 aliphatic heterocycles. The molecule has 0 atom stereocenters. The molecule has 14 heteroatoms. The van der Waals surface area contributed by atoms with Crippen molar-refractivity contribution in [1.29, 1.82) is 0 Å². The van der Waals surface area contributed by atoms with Gasteiger partial charge in [0.15, 0.2) is 0 Å². The molecule has 12 nitrogen and oxygen atoms in total. The maximum atomic E-state index is 12.3. The Morgan fingerprint density at radius 1 is 0.568 bits per heavy atom. The number of anilines is 2. The van der Waals surface area contributed by atoms with Crippen molar-refractivity contribution in [2.24, 2.45) is 0 Å². The van der Waals surface area contributed by atoms with Gasteiger partial charge >= 0.3 is 12.1 Å². The molecule has 44 heavy (non-hydrogen) atoms. The Balaban J connectivity index is 1.51. The van der Waals surface area contributed by atoms with E-state index >= 15 is 0 Å². The highest BCUT2D eigenvalue weighted by atomic mass is 32.2. The Morgan fingerprint density at radius 3 is 1.27 bits per heavy atom. The lowest BCUT2D eigenvalue weighted by molar-refractivity contribution is 0.251. The van der Waals surface area contributed by atoms with Crippen molar-refractivity contribution in [3.8, 4) is 0 Å². The molecule has 0 saturated carbocycles. The summed E-state index contributed by atoms with van der Waals surface area (Å²) < 4.78 is 68.2. The summed E-state index contributed by atoms with van der Waals surface area (Å²) in [5.41, 5.74) is 1.76. The van der Waals surface area contributed by atoms with Crippen LogP contribution < -0.4 is 21.3 Å². The van der Waals surface area contributed by atoms with Crippen LogP contribution in [-0.2, 0) is 33.3 Å². The van der Waals surface area contributed by atoms with Crippen LogP contribution in [0, 0.1) is 0 Å². The zero-order chi connectivity index (χ0) is 31.7. The van der Waals surface area contributed by atoms with E-state index in [0.29, 0.717) is 0 Å². The molecule has 0 radical (unpaired) electrons. The third-order valence-corrected chi connectivity index (χ3v) is 7.95. The minimum absolute atomic E-state index is 0.0356. The molecule has 0 aliphatic rings. The highest BCUT2D eigenvalue weighted by Crippen LogP contribution is 2.26. The van der Waals surface area contributed by atoms with Crippen molar-refractivity contribution >= 4 is 55.8 Å². The number of urea groups is 2. The number of amides is 4.